The number of benzene rings is 2. The first-order valence-electron chi connectivity index (χ1n) is 11.0. The number of carbonyl (C=O) groups excluding carboxylic acids is 1. The minimum Gasteiger partial charge on any atom is -0.497 e. The number of carbonyl (C=O) groups is 1. The van der Waals surface area contributed by atoms with Gasteiger partial charge in [-0.05, 0) is 48.2 Å². The number of nitrogen functional groups attached to an aromatic ring is 1. The topological polar surface area (TPSA) is 115 Å². The highest BCUT2D eigenvalue weighted by Crippen LogP contribution is 2.22. The third kappa shape index (κ3) is 6.62. The number of nitrogens with two attached hydrogens (primary N) is 1. The Morgan fingerprint density at radius 2 is 1.71 bits per heavy atom. The van der Waals surface area contributed by atoms with E-state index in [0.29, 0.717) is 49.4 Å². The minimum atomic E-state index is -0.0361. The zero-order valence-electron chi connectivity index (χ0n) is 19.5. The highest BCUT2D eigenvalue weighted by atomic mass is 16.5. The van der Waals surface area contributed by atoms with Crippen molar-refractivity contribution in [3.05, 3.63) is 77.8 Å². The van der Waals surface area contributed by atoms with E-state index in [0.717, 1.165) is 22.6 Å². The van der Waals surface area contributed by atoms with Crippen molar-refractivity contribution in [1.29, 1.82) is 5.26 Å². The Kier molecular flexibility index (Phi) is 8.69. The highest BCUT2D eigenvalue weighted by Gasteiger charge is 2.13. The second-order valence-electron chi connectivity index (χ2n) is 7.70. The van der Waals surface area contributed by atoms with Crippen LogP contribution in [0.2, 0.25) is 0 Å². The fraction of sp³-hybridized carbons (Fsp3) is 0.269. The van der Waals surface area contributed by atoms with E-state index in [1.165, 1.54) is 0 Å². The van der Waals surface area contributed by atoms with E-state index in [9.17, 15) is 10.1 Å². The third-order valence-corrected chi connectivity index (χ3v) is 5.37. The molecule has 1 amide bonds. The summed E-state index contributed by atoms with van der Waals surface area (Å²) in [6.45, 7) is 1.00. The van der Waals surface area contributed by atoms with Crippen LogP contribution in [0.25, 0.3) is 5.57 Å². The summed E-state index contributed by atoms with van der Waals surface area (Å²) < 4.78 is 12.1. The van der Waals surface area contributed by atoms with E-state index < -0.39 is 0 Å². The Morgan fingerprint density at radius 3 is 2.29 bits per heavy atom. The second kappa shape index (κ2) is 12.1. The molecule has 8 nitrogen and oxygen atoms in total. The van der Waals surface area contributed by atoms with Crippen LogP contribution in [0.5, 0.6) is 11.5 Å². The molecular formula is C26H29N5O3. The van der Waals surface area contributed by atoms with Gasteiger partial charge < -0.3 is 25.1 Å². The molecule has 3 rings (SSSR count). The van der Waals surface area contributed by atoms with Crippen molar-refractivity contribution in [3.63, 3.8) is 0 Å². The molecule has 34 heavy (non-hydrogen) atoms. The number of nitriles is 1. The first-order chi connectivity index (χ1) is 16.5. The Morgan fingerprint density at radius 1 is 1.09 bits per heavy atom. The molecule has 176 valence electrons. The zero-order valence-corrected chi connectivity index (χ0v) is 19.5. The normalized spacial score (nSPS) is 11.0. The lowest BCUT2D eigenvalue weighted by Crippen LogP contribution is -2.22. The summed E-state index contributed by atoms with van der Waals surface area (Å²) in [5, 5.41) is 12.5. The maximum atomic E-state index is 12.1. The molecule has 0 saturated heterocycles. The molecule has 0 aliphatic carbocycles. The number of hydrogen-bond acceptors (Lipinski definition) is 6. The van der Waals surface area contributed by atoms with Crippen LogP contribution in [0.4, 0.5) is 5.82 Å². The summed E-state index contributed by atoms with van der Waals surface area (Å²) in [6.07, 6.45) is 4.97. The Hall–Kier alpha value is -4.25. The predicted octanol–water partition coefficient (Wildman–Crippen LogP) is 3.92. The molecule has 8 heteroatoms. The zero-order chi connectivity index (χ0) is 24.3. The number of amides is 1. The summed E-state index contributed by atoms with van der Waals surface area (Å²) in [5.41, 5.74) is 9.17. The fourth-order valence-corrected chi connectivity index (χ4v) is 3.39. The number of rotatable bonds is 11. The van der Waals surface area contributed by atoms with E-state index >= 15 is 0 Å². The van der Waals surface area contributed by atoms with Gasteiger partial charge in [0.05, 0.1) is 32.7 Å². The molecule has 1 heterocycles. The van der Waals surface area contributed by atoms with Gasteiger partial charge in [-0.1, -0.05) is 30.3 Å². The number of imidazole rings is 1. The maximum absolute atomic E-state index is 12.1. The number of methoxy groups -OCH3 is 2. The van der Waals surface area contributed by atoms with Crippen LogP contribution in [0.15, 0.2) is 60.9 Å². The van der Waals surface area contributed by atoms with Gasteiger partial charge in [0.1, 0.15) is 29.1 Å². The van der Waals surface area contributed by atoms with E-state index in [4.69, 9.17) is 15.2 Å². The molecule has 0 aliphatic heterocycles. The molecule has 0 spiro atoms. The summed E-state index contributed by atoms with van der Waals surface area (Å²) in [7, 11) is 3.24. The van der Waals surface area contributed by atoms with Crippen molar-refractivity contribution >= 4 is 17.3 Å². The standard InChI is InChI=1S/C26H29N5O3/c1-33-22-11-7-19(8-12-22)16-29-24(32)6-4-3-5-21(15-27)25-26(28)31(18-30-25)17-20-9-13-23(34-2)14-10-20/h5,7-14,18H,3-4,6,16-17,28H2,1-2H3,(H,29,32). The monoisotopic (exact) mass is 459 g/mol. The van der Waals surface area contributed by atoms with Crippen molar-refractivity contribution < 1.29 is 14.3 Å². The van der Waals surface area contributed by atoms with Crippen molar-refractivity contribution in [2.75, 3.05) is 20.0 Å². The summed E-state index contributed by atoms with van der Waals surface area (Å²) in [5.74, 6) is 1.96. The Labute approximate surface area is 199 Å². The van der Waals surface area contributed by atoms with Gasteiger partial charge in [0.2, 0.25) is 5.91 Å². The largest absolute Gasteiger partial charge is 0.497 e. The number of unbranched alkanes of at least 4 members (excludes halogenated alkanes) is 1. The molecule has 3 N–H and O–H groups in total. The number of aromatic nitrogens is 2. The van der Waals surface area contributed by atoms with E-state index in [1.807, 2.05) is 48.5 Å². The Bertz CT molecular complexity index is 1160. The summed E-state index contributed by atoms with van der Waals surface area (Å²) in [6, 6.07) is 17.4. The molecule has 2 aromatic carbocycles. The lowest BCUT2D eigenvalue weighted by atomic mass is 10.1. The molecule has 0 bridgehead atoms. The van der Waals surface area contributed by atoms with Gasteiger partial charge in [-0.25, -0.2) is 4.98 Å². The van der Waals surface area contributed by atoms with Crippen LogP contribution in [-0.4, -0.2) is 29.7 Å². The number of ether oxygens (including phenoxy) is 2. The number of anilines is 1. The van der Waals surface area contributed by atoms with Crippen LogP contribution in [0, 0.1) is 11.3 Å². The lowest BCUT2D eigenvalue weighted by Gasteiger charge is -2.07. The van der Waals surface area contributed by atoms with Gasteiger partial charge in [-0.2, -0.15) is 5.26 Å². The van der Waals surface area contributed by atoms with Crippen LogP contribution in [0.3, 0.4) is 0 Å². The second-order valence-corrected chi connectivity index (χ2v) is 7.70. The van der Waals surface area contributed by atoms with Gasteiger partial charge in [-0.3, -0.25) is 4.79 Å². The average Bonchev–Trinajstić information content (AvgIpc) is 3.23. The molecule has 3 aromatic rings. The molecular weight excluding hydrogens is 430 g/mol. The quantitative estimate of drug-likeness (QED) is 0.332. The molecule has 0 unspecified atom stereocenters. The van der Waals surface area contributed by atoms with Gasteiger partial charge in [-0.15, -0.1) is 0 Å². The first kappa shape index (κ1) is 24.4. The van der Waals surface area contributed by atoms with Crippen LogP contribution in [-0.2, 0) is 17.9 Å². The van der Waals surface area contributed by atoms with Crippen LogP contribution < -0.4 is 20.5 Å². The summed E-state index contributed by atoms with van der Waals surface area (Å²) >= 11 is 0. The van der Waals surface area contributed by atoms with E-state index in [1.54, 1.807) is 31.2 Å². The lowest BCUT2D eigenvalue weighted by molar-refractivity contribution is -0.121. The maximum Gasteiger partial charge on any atom is 0.220 e. The van der Waals surface area contributed by atoms with E-state index in [2.05, 4.69) is 16.4 Å². The highest BCUT2D eigenvalue weighted by molar-refractivity contribution is 5.80. The number of nitrogens with one attached hydrogen (secondary N) is 1. The SMILES string of the molecule is COc1ccc(CNC(=O)CCCC=C(C#N)c2ncn(Cc3ccc(OC)cc3)c2N)cc1. The first-order valence-corrected chi connectivity index (χ1v) is 11.0. The van der Waals surface area contributed by atoms with E-state index in [-0.39, 0.29) is 5.91 Å². The number of hydrogen-bond donors (Lipinski definition) is 2. The molecule has 0 fully saturated rings. The molecule has 0 atom stereocenters. The van der Waals surface area contributed by atoms with Gasteiger partial charge >= 0.3 is 0 Å². The molecule has 0 aliphatic rings. The van der Waals surface area contributed by atoms with Crippen molar-refractivity contribution in [2.45, 2.75) is 32.4 Å². The molecule has 1 aromatic heterocycles. The van der Waals surface area contributed by atoms with Gasteiger partial charge in [0.15, 0.2) is 0 Å². The number of allylic oxidation sites excluding steroid dienone is 2. The molecule has 0 radical (unpaired) electrons. The van der Waals surface area contributed by atoms with Gasteiger partial charge in [0.25, 0.3) is 0 Å². The van der Waals surface area contributed by atoms with Crippen molar-refractivity contribution in [1.82, 2.24) is 14.9 Å². The predicted molar refractivity (Wildman–Crippen MR) is 131 cm³/mol. The van der Waals surface area contributed by atoms with Crippen LogP contribution in [0.1, 0.15) is 36.1 Å². The molecule has 0 saturated carbocycles. The Balaban J connectivity index is 1.49. The third-order valence-electron chi connectivity index (χ3n) is 5.37. The van der Waals surface area contributed by atoms with Gasteiger partial charge in [0, 0.05) is 13.0 Å². The van der Waals surface area contributed by atoms with Crippen molar-refractivity contribution in [3.8, 4) is 17.6 Å². The van der Waals surface area contributed by atoms with Crippen molar-refractivity contribution in [2.24, 2.45) is 0 Å². The minimum absolute atomic E-state index is 0.0361. The fourth-order valence-electron chi connectivity index (χ4n) is 3.39. The number of nitrogens with zero attached hydrogens (tertiary/aromatic N) is 3. The summed E-state index contributed by atoms with van der Waals surface area (Å²) in [4.78, 5) is 16.5. The van der Waals surface area contributed by atoms with Crippen LogP contribution >= 0.6 is 0 Å². The average molecular weight is 460 g/mol. The smallest absolute Gasteiger partial charge is 0.220 e.